The number of fused-ring (bicyclic) bond motifs is 3. The van der Waals surface area contributed by atoms with Crippen LogP contribution in [-0.4, -0.2) is 23.8 Å². The topological polar surface area (TPSA) is 75.6 Å². The van der Waals surface area contributed by atoms with Crippen LogP contribution in [0.25, 0.3) is 11.1 Å². The van der Waals surface area contributed by atoms with E-state index in [0.717, 1.165) is 27.1 Å². The first-order valence-electron chi connectivity index (χ1n) is 8.50. The molecular formula is C21H17NO4S. The Hall–Kier alpha value is -3.12. The van der Waals surface area contributed by atoms with Gasteiger partial charge in [-0.15, -0.1) is 11.3 Å². The second-order valence-corrected chi connectivity index (χ2v) is 7.61. The first kappa shape index (κ1) is 17.3. The minimum Gasteiger partial charge on any atom is -0.478 e. The zero-order valence-corrected chi connectivity index (χ0v) is 15.4. The number of thiophene rings is 1. The van der Waals surface area contributed by atoms with Crippen LogP contribution in [0, 0.1) is 6.92 Å². The van der Waals surface area contributed by atoms with Gasteiger partial charge in [0, 0.05) is 10.8 Å². The summed E-state index contributed by atoms with van der Waals surface area (Å²) in [6.45, 7) is 1.98. The Morgan fingerprint density at radius 1 is 1.07 bits per heavy atom. The maximum atomic E-state index is 12.3. The predicted octanol–water partition coefficient (Wildman–Crippen LogP) is 5.12. The van der Waals surface area contributed by atoms with Gasteiger partial charge in [0.2, 0.25) is 0 Å². The van der Waals surface area contributed by atoms with Crippen molar-refractivity contribution in [3.63, 3.8) is 0 Å². The summed E-state index contributed by atoms with van der Waals surface area (Å²) in [5, 5.41) is 12.1. The van der Waals surface area contributed by atoms with Gasteiger partial charge < -0.3 is 9.84 Å². The average molecular weight is 379 g/mol. The molecule has 3 aromatic rings. The Morgan fingerprint density at radius 2 is 1.67 bits per heavy atom. The number of aromatic carboxylic acids is 1. The minimum absolute atomic E-state index is 0.0350. The molecule has 5 nitrogen and oxygen atoms in total. The summed E-state index contributed by atoms with van der Waals surface area (Å²) in [5.41, 5.74) is 4.65. The fourth-order valence-electron chi connectivity index (χ4n) is 3.49. The Balaban J connectivity index is 1.51. The van der Waals surface area contributed by atoms with E-state index in [0.29, 0.717) is 0 Å². The lowest BCUT2D eigenvalue weighted by molar-refractivity contribution is 0.0698. The van der Waals surface area contributed by atoms with E-state index in [1.54, 1.807) is 6.92 Å². The molecule has 1 aromatic heterocycles. The molecule has 1 aliphatic rings. The number of carboxylic acids is 1. The molecule has 1 aliphatic carbocycles. The smallest absolute Gasteiger partial charge is 0.412 e. The van der Waals surface area contributed by atoms with Crippen molar-refractivity contribution in [1.82, 2.24) is 0 Å². The van der Waals surface area contributed by atoms with Gasteiger partial charge in [0.05, 0.1) is 5.56 Å². The fraction of sp³-hybridized carbons (Fsp3) is 0.143. The van der Waals surface area contributed by atoms with Crippen molar-refractivity contribution in [3.8, 4) is 11.1 Å². The first-order valence-corrected chi connectivity index (χ1v) is 9.32. The highest BCUT2D eigenvalue weighted by molar-refractivity contribution is 7.16. The molecule has 0 saturated carbocycles. The Labute approximate surface area is 160 Å². The van der Waals surface area contributed by atoms with Gasteiger partial charge in [-0.05, 0) is 35.2 Å². The van der Waals surface area contributed by atoms with E-state index in [4.69, 9.17) is 4.74 Å². The van der Waals surface area contributed by atoms with Crippen LogP contribution in [0.3, 0.4) is 0 Å². The molecule has 6 heteroatoms. The van der Waals surface area contributed by atoms with E-state index < -0.39 is 12.1 Å². The van der Waals surface area contributed by atoms with Crippen molar-refractivity contribution in [2.45, 2.75) is 12.8 Å². The number of carbonyl (C=O) groups excluding carboxylic acids is 1. The van der Waals surface area contributed by atoms with Gasteiger partial charge in [0.15, 0.2) is 0 Å². The molecule has 0 aliphatic heterocycles. The molecule has 0 atom stereocenters. The molecule has 0 radical (unpaired) electrons. The van der Waals surface area contributed by atoms with Crippen molar-refractivity contribution in [3.05, 3.63) is 76.2 Å². The van der Waals surface area contributed by atoms with E-state index in [-0.39, 0.29) is 23.1 Å². The molecule has 2 aromatic carbocycles. The third kappa shape index (κ3) is 3.19. The highest BCUT2D eigenvalue weighted by atomic mass is 32.1. The zero-order valence-electron chi connectivity index (χ0n) is 14.6. The third-order valence-electron chi connectivity index (χ3n) is 4.64. The number of hydrogen-bond donors (Lipinski definition) is 2. The number of amides is 1. The quantitative estimate of drug-likeness (QED) is 0.660. The molecule has 0 fully saturated rings. The lowest BCUT2D eigenvalue weighted by Crippen LogP contribution is -2.18. The Kier molecular flexibility index (Phi) is 4.41. The molecule has 4 rings (SSSR count). The second-order valence-electron chi connectivity index (χ2n) is 6.36. The maximum absolute atomic E-state index is 12.3. The van der Waals surface area contributed by atoms with E-state index >= 15 is 0 Å². The van der Waals surface area contributed by atoms with Crippen LogP contribution in [-0.2, 0) is 4.74 Å². The summed E-state index contributed by atoms with van der Waals surface area (Å²) >= 11 is 1.21. The molecule has 1 heterocycles. The average Bonchev–Trinajstić information content (AvgIpc) is 3.18. The number of carbonyl (C=O) groups is 2. The van der Waals surface area contributed by atoms with Crippen molar-refractivity contribution >= 4 is 28.4 Å². The molecule has 0 bridgehead atoms. The highest BCUT2D eigenvalue weighted by Crippen LogP contribution is 2.44. The fourth-order valence-corrected chi connectivity index (χ4v) is 4.38. The number of anilines is 1. The van der Waals surface area contributed by atoms with Crippen LogP contribution >= 0.6 is 11.3 Å². The van der Waals surface area contributed by atoms with Crippen LogP contribution in [0.1, 0.15) is 32.3 Å². The maximum Gasteiger partial charge on any atom is 0.412 e. The molecule has 0 spiro atoms. The number of rotatable bonds is 4. The Morgan fingerprint density at radius 3 is 2.26 bits per heavy atom. The summed E-state index contributed by atoms with van der Waals surface area (Å²) in [6, 6.07) is 17.7. The number of hydrogen-bond acceptors (Lipinski definition) is 4. The molecule has 2 N–H and O–H groups in total. The van der Waals surface area contributed by atoms with Crippen molar-refractivity contribution in [1.29, 1.82) is 0 Å². The molecule has 27 heavy (non-hydrogen) atoms. The van der Waals surface area contributed by atoms with Crippen LogP contribution in [0.5, 0.6) is 0 Å². The molecule has 0 saturated heterocycles. The molecule has 1 amide bonds. The molecule has 0 unspecified atom stereocenters. The lowest BCUT2D eigenvalue weighted by atomic mass is 9.98. The zero-order chi connectivity index (χ0) is 19.0. The normalized spacial score (nSPS) is 12.3. The van der Waals surface area contributed by atoms with Gasteiger partial charge in [0.25, 0.3) is 0 Å². The number of aryl methyl sites for hydroxylation is 1. The summed E-state index contributed by atoms with van der Waals surface area (Å²) in [7, 11) is 0. The number of ether oxygens (including phenoxy) is 1. The molecular weight excluding hydrogens is 362 g/mol. The first-order chi connectivity index (χ1) is 13.0. The predicted molar refractivity (Wildman–Crippen MR) is 105 cm³/mol. The highest BCUT2D eigenvalue weighted by Gasteiger charge is 2.29. The van der Waals surface area contributed by atoms with Gasteiger partial charge >= 0.3 is 12.1 Å². The number of benzene rings is 2. The minimum atomic E-state index is -1.08. The molecule has 136 valence electrons. The summed E-state index contributed by atoms with van der Waals surface area (Å²) in [4.78, 5) is 24.3. The van der Waals surface area contributed by atoms with Crippen molar-refractivity contribution in [2.75, 3.05) is 11.9 Å². The monoisotopic (exact) mass is 379 g/mol. The van der Waals surface area contributed by atoms with Gasteiger partial charge in [-0.1, -0.05) is 48.5 Å². The number of nitrogens with one attached hydrogen (secondary N) is 1. The second kappa shape index (κ2) is 6.89. The third-order valence-corrected chi connectivity index (χ3v) is 5.61. The van der Waals surface area contributed by atoms with E-state index in [1.165, 1.54) is 17.4 Å². The van der Waals surface area contributed by atoms with E-state index in [2.05, 4.69) is 17.4 Å². The van der Waals surface area contributed by atoms with Gasteiger partial charge in [-0.2, -0.15) is 0 Å². The number of carboxylic acid groups (broad SMARTS) is 1. The van der Waals surface area contributed by atoms with Gasteiger partial charge in [-0.25, -0.2) is 9.59 Å². The van der Waals surface area contributed by atoms with Gasteiger partial charge in [0.1, 0.15) is 11.6 Å². The van der Waals surface area contributed by atoms with E-state index in [9.17, 15) is 14.7 Å². The van der Waals surface area contributed by atoms with Crippen LogP contribution in [0.4, 0.5) is 9.80 Å². The standard InChI is InChI=1S/C21H17NO4S/c1-12-10-17(20(23)24)19(27-12)22-21(25)26-11-18-15-8-4-2-6-13(15)14-7-3-5-9-16(14)18/h2-10,18H,11H2,1H3,(H,22,25)(H,23,24). The van der Waals surface area contributed by atoms with Crippen LogP contribution in [0.15, 0.2) is 54.6 Å². The SMILES string of the molecule is Cc1cc(C(=O)O)c(NC(=O)OCC2c3ccccc3-c3ccccc32)s1. The Bertz CT molecular complexity index is 995. The summed E-state index contributed by atoms with van der Waals surface area (Å²) in [5.74, 6) is -1.11. The van der Waals surface area contributed by atoms with Crippen LogP contribution < -0.4 is 5.32 Å². The lowest BCUT2D eigenvalue weighted by Gasteiger charge is -2.14. The summed E-state index contributed by atoms with van der Waals surface area (Å²) < 4.78 is 5.45. The van der Waals surface area contributed by atoms with Crippen molar-refractivity contribution in [2.24, 2.45) is 0 Å². The van der Waals surface area contributed by atoms with E-state index in [1.807, 2.05) is 36.4 Å². The van der Waals surface area contributed by atoms with Crippen LogP contribution in [0.2, 0.25) is 0 Å². The summed E-state index contributed by atoms with van der Waals surface area (Å²) in [6.07, 6.45) is -0.652. The largest absolute Gasteiger partial charge is 0.478 e. The van der Waals surface area contributed by atoms with Gasteiger partial charge in [-0.3, -0.25) is 5.32 Å². The van der Waals surface area contributed by atoms with Crippen molar-refractivity contribution < 1.29 is 19.4 Å².